The molecule has 0 bridgehead atoms. The first-order valence-electron chi connectivity index (χ1n) is 14.2. The number of fused-ring (bicyclic) bond motifs is 1. The normalized spacial score (nSPS) is 16.9. The number of carbonyl (C=O) groups excluding carboxylic acids is 1. The van der Waals surface area contributed by atoms with E-state index in [-0.39, 0.29) is 40.9 Å². The minimum atomic E-state index is -4.01. The number of aryl methyl sites for hydroxylation is 1. The Morgan fingerprint density at radius 1 is 1.05 bits per heavy atom. The summed E-state index contributed by atoms with van der Waals surface area (Å²) in [5.41, 5.74) is 2.30. The van der Waals surface area contributed by atoms with E-state index in [2.05, 4.69) is 30.6 Å². The first-order valence-corrected chi connectivity index (χ1v) is 15.6. The summed E-state index contributed by atoms with van der Waals surface area (Å²) in [5.74, 6) is -0.564. The number of ether oxygens (including phenoxy) is 1. The number of carbonyl (C=O) groups is 1. The standard InChI is InChI=1S/C31H30FN7O4S/c1-20-10-12-24(13-11-20)44(41,42)39-17-26(25-15-33-19-35-30(25)39)28-34-16-27(32)29(38-28)36-22-8-5-9-23(14-22)37-31(40)43-18-21-6-3-2-4-7-21/h2-4,6-7,10-13,15-17,19,22-23H,5,8-9,14,18H2,1H3,(H,37,40)(H,34,36,38)/t22-,23+/m1/s1. The van der Waals surface area contributed by atoms with Crippen molar-refractivity contribution in [1.29, 1.82) is 0 Å². The van der Waals surface area contributed by atoms with Gasteiger partial charge >= 0.3 is 6.09 Å². The number of nitrogens with zero attached hydrogens (tertiary/aromatic N) is 5. The van der Waals surface area contributed by atoms with Crippen LogP contribution < -0.4 is 10.6 Å². The molecule has 6 rings (SSSR count). The molecule has 5 aromatic rings. The number of hydrogen-bond donors (Lipinski definition) is 2. The molecular formula is C31H30FN7O4S. The molecule has 3 aromatic heterocycles. The van der Waals surface area contributed by atoms with Crippen molar-refractivity contribution in [2.75, 3.05) is 5.32 Å². The number of nitrogens with one attached hydrogen (secondary N) is 2. The molecule has 0 saturated heterocycles. The number of benzene rings is 2. The zero-order valence-corrected chi connectivity index (χ0v) is 24.7. The van der Waals surface area contributed by atoms with E-state index in [1.165, 1.54) is 30.9 Å². The molecule has 1 saturated carbocycles. The molecular weight excluding hydrogens is 585 g/mol. The first kappa shape index (κ1) is 29.2. The van der Waals surface area contributed by atoms with E-state index in [1.807, 2.05) is 37.3 Å². The Labute approximate surface area is 253 Å². The smallest absolute Gasteiger partial charge is 0.407 e. The topological polar surface area (TPSA) is 141 Å². The predicted molar refractivity (Wildman–Crippen MR) is 162 cm³/mol. The molecule has 3 heterocycles. The minimum absolute atomic E-state index is 0.0218. The molecule has 1 aliphatic carbocycles. The van der Waals surface area contributed by atoms with Crippen molar-refractivity contribution in [3.8, 4) is 11.4 Å². The maximum atomic E-state index is 15.0. The summed E-state index contributed by atoms with van der Waals surface area (Å²) in [6.07, 6.45) is 7.53. The fourth-order valence-electron chi connectivity index (χ4n) is 5.30. The van der Waals surface area contributed by atoms with Crippen LogP contribution >= 0.6 is 0 Å². The molecule has 13 heteroatoms. The molecule has 11 nitrogen and oxygen atoms in total. The lowest BCUT2D eigenvalue weighted by atomic mass is 9.91. The van der Waals surface area contributed by atoms with Crippen molar-refractivity contribution in [1.82, 2.24) is 29.2 Å². The number of alkyl carbamates (subject to hydrolysis) is 1. The van der Waals surface area contributed by atoms with Gasteiger partial charge < -0.3 is 15.4 Å². The van der Waals surface area contributed by atoms with Gasteiger partial charge in [0.2, 0.25) is 0 Å². The van der Waals surface area contributed by atoms with Crippen LogP contribution in [-0.4, -0.2) is 50.5 Å². The third-order valence-corrected chi connectivity index (χ3v) is 9.21. The summed E-state index contributed by atoms with van der Waals surface area (Å²) in [7, 11) is -4.01. The van der Waals surface area contributed by atoms with Crippen molar-refractivity contribution in [2.45, 2.75) is 56.2 Å². The van der Waals surface area contributed by atoms with Crippen LogP contribution in [0.2, 0.25) is 0 Å². The Morgan fingerprint density at radius 2 is 1.82 bits per heavy atom. The van der Waals surface area contributed by atoms with Gasteiger partial charge in [0.15, 0.2) is 23.1 Å². The third-order valence-electron chi connectivity index (χ3n) is 7.55. The summed E-state index contributed by atoms with van der Waals surface area (Å²) in [4.78, 5) is 29.4. The molecule has 1 fully saturated rings. The Balaban J connectivity index is 1.20. The number of anilines is 1. The van der Waals surface area contributed by atoms with E-state index in [9.17, 15) is 17.6 Å². The maximum Gasteiger partial charge on any atom is 0.407 e. The van der Waals surface area contributed by atoms with Crippen LogP contribution in [0.5, 0.6) is 0 Å². The first-order chi connectivity index (χ1) is 21.3. The second-order valence-corrected chi connectivity index (χ2v) is 12.5. The Kier molecular flexibility index (Phi) is 8.20. The van der Waals surface area contributed by atoms with E-state index in [1.54, 1.807) is 12.1 Å². The number of hydrogen-bond acceptors (Lipinski definition) is 9. The predicted octanol–water partition coefficient (Wildman–Crippen LogP) is 5.22. The Morgan fingerprint density at radius 3 is 2.61 bits per heavy atom. The number of halogens is 1. The summed E-state index contributed by atoms with van der Waals surface area (Å²) in [5, 5.41) is 6.47. The molecule has 0 unspecified atom stereocenters. The van der Waals surface area contributed by atoms with Gasteiger partial charge in [0.1, 0.15) is 12.9 Å². The van der Waals surface area contributed by atoms with E-state index in [0.717, 1.165) is 40.6 Å². The van der Waals surface area contributed by atoms with Crippen molar-refractivity contribution in [3.05, 3.63) is 96.5 Å². The maximum absolute atomic E-state index is 15.0. The van der Waals surface area contributed by atoms with Crippen molar-refractivity contribution in [3.63, 3.8) is 0 Å². The van der Waals surface area contributed by atoms with Gasteiger partial charge in [-0.2, -0.15) is 0 Å². The third kappa shape index (κ3) is 6.23. The van der Waals surface area contributed by atoms with Gasteiger partial charge in [-0.1, -0.05) is 48.0 Å². The largest absolute Gasteiger partial charge is 0.445 e. The van der Waals surface area contributed by atoms with Crippen LogP contribution in [0.3, 0.4) is 0 Å². The molecule has 0 spiro atoms. The zero-order valence-electron chi connectivity index (χ0n) is 23.9. The molecule has 2 aromatic carbocycles. The second kappa shape index (κ2) is 12.4. The minimum Gasteiger partial charge on any atom is -0.445 e. The molecule has 0 radical (unpaired) electrons. The SMILES string of the molecule is Cc1ccc(S(=O)(=O)n2cc(-c3ncc(F)c(N[C@@H]4CCC[C@H](NC(=O)OCc5ccccc5)C4)n3)c3cncnc32)cc1. The van der Waals surface area contributed by atoms with E-state index < -0.39 is 21.9 Å². The van der Waals surface area contributed by atoms with E-state index in [0.29, 0.717) is 17.4 Å². The molecule has 0 aliphatic heterocycles. The fourth-order valence-corrected chi connectivity index (χ4v) is 6.62. The Hall–Kier alpha value is -4.91. The lowest BCUT2D eigenvalue weighted by Crippen LogP contribution is -2.42. The zero-order chi connectivity index (χ0) is 30.7. The summed E-state index contributed by atoms with van der Waals surface area (Å²) >= 11 is 0. The van der Waals surface area contributed by atoms with Gasteiger partial charge in [-0.15, -0.1) is 0 Å². The summed E-state index contributed by atoms with van der Waals surface area (Å²) in [6.45, 7) is 2.04. The van der Waals surface area contributed by atoms with Crippen LogP contribution in [-0.2, 0) is 21.4 Å². The molecule has 2 atom stereocenters. The number of amides is 1. The Bertz CT molecular complexity index is 1900. The quantitative estimate of drug-likeness (QED) is 0.240. The van der Waals surface area contributed by atoms with Gasteiger partial charge in [-0.05, 0) is 50.3 Å². The average molecular weight is 616 g/mol. The van der Waals surface area contributed by atoms with E-state index >= 15 is 0 Å². The van der Waals surface area contributed by atoms with Gasteiger partial charge in [0.05, 0.1) is 11.1 Å². The van der Waals surface area contributed by atoms with Crippen molar-refractivity contribution < 1.29 is 22.3 Å². The van der Waals surface area contributed by atoms with Gasteiger partial charge in [0, 0.05) is 35.4 Å². The lowest BCUT2D eigenvalue weighted by molar-refractivity contribution is 0.132. The molecule has 1 amide bonds. The fraction of sp³-hybridized carbons (Fsp3) is 0.258. The second-order valence-electron chi connectivity index (χ2n) is 10.7. The van der Waals surface area contributed by atoms with E-state index in [4.69, 9.17) is 4.74 Å². The van der Waals surface area contributed by atoms with Gasteiger partial charge in [0.25, 0.3) is 10.0 Å². The number of aromatic nitrogens is 5. The highest BCUT2D eigenvalue weighted by Crippen LogP contribution is 2.31. The molecule has 2 N–H and O–H groups in total. The van der Waals surface area contributed by atoms with Crippen LogP contribution in [0.15, 0.2) is 84.4 Å². The average Bonchev–Trinajstić information content (AvgIpc) is 3.43. The number of rotatable bonds is 8. The van der Waals surface area contributed by atoms with Crippen LogP contribution in [0.4, 0.5) is 15.0 Å². The molecule has 44 heavy (non-hydrogen) atoms. The van der Waals surface area contributed by atoms with Crippen LogP contribution in [0, 0.1) is 12.7 Å². The highest BCUT2D eigenvalue weighted by atomic mass is 32.2. The highest BCUT2D eigenvalue weighted by Gasteiger charge is 2.27. The van der Waals surface area contributed by atoms with Gasteiger partial charge in [-0.3, -0.25) is 0 Å². The van der Waals surface area contributed by atoms with Gasteiger partial charge in [-0.25, -0.2) is 41.5 Å². The summed E-state index contributed by atoms with van der Waals surface area (Å²) < 4.78 is 48.5. The summed E-state index contributed by atoms with van der Waals surface area (Å²) in [6, 6.07) is 15.6. The highest BCUT2D eigenvalue weighted by molar-refractivity contribution is 7.90. The van der Waals surface area contributed by atoms with Crippen LogP contribution in [0.1, 0.15) is 36.8 Å². The molecule has 226 valence electrons. The molecule has 1 aliphatic rings. The van der Waals surface area contributed by atoms with Crippen molar-refractivity contribution in [2.24, 2.45) is 0 Å². The van der Waals surface area contributed by atoms with Crippen molar-refractivity contribution >= 4 is 33.0 Å². The monoisotopic (exact) mass is 615 g/mol. The lowest BCUT2D eigenvalue weighted by Gasteiger charge is -2.30. The van der Waals surface area contributed by atoms with Crippen LogP contribution in [0.25, 0.3) is 22.4 Å².